The lowest BCUT2D eigenvalue weighted by atomic mass is 9.98. The third-order valence-corrected chi connectivity index (χ3v) is 5.53. The molecule has 0 aliphatic carbocycles. The summed E-state index contributed by atoms with van der Waals surface area (Å²) in [6.07, 6.45) is -3.55. The van der Waals surface area contributed by atoms with Gasteiger partial charge in [0.15, 0.2) is 0 Å². The Kier molecular flexibility index (Phi) is 8.40. The molecule has 0 saturated carbocycles. The second kappa shape index (κ2) is 11.3. The lowest BCUT2D eigenvalue weighted by Crippen LogP contribution is -2.27. The predicted molar refractivity (Wildman–Crippen MR) is 127 cm³/mol. The van der Waals surface area contributed by atoms with Crippen molar-refractivity contribution in [1.29, 1.82) is 5.26 Å². The number of para-hydroxylation sites is 2. The Labute approximate surface area is 210 Å². The van der Waals surface area contributed by atoms with Crippen LogP contribution in [-0.4, -0.2) is 43.4 Å². The smallest absolute Gasteiger partial charge is 0.433 e. The number of amides is 1. The first-order chi connectivity index (χ1) is 17.1. The fraction of sp³-hybridized carbons (Fsp3) is 0.240. The Bertz CT molecular complexity index is 1310. The van der Waals surface area contributed by atoms with Gasteiger partial charge in [0.1, 0.15) is 17.2 Å². The summed E-state index contributed by atoms with van der Waals surface area (Å²) in [4.78, 5) is 18.3. The molecule has 1 heterocycles. The Balaban J connectivity index is 2.16. The van der Waals surface area contributed by atoms with Gasteiger partial charge in [0.05, 0.1) is 41.6 Å². The molecule has 0 saturated heterocycles. The van der Waals surface area contributed by atoms with Gasteiger partial charge in [-0.05, 0) is 24.3 Å². The van der Waals surface area contributed by atoms with E-state index in [2.05, 4.69) is 4.98 Å². The number of nitriles is 1. The van der Waals surface area contributed by atoms with Gasteiger partial charge in [-0.1, -0.05) is 23.7 Å². The van der Waals surface area contributed by atoms with E-state index in [1.807, 2.05) is 0 Å². The number of carbonyl (C=O) groups is 1. The SMILES string of the molecule is COc1ccccc1N(C)C(=O)c1cc(-c2cnc(C(F)(F)F)cc2C#N)c(Cl)cc1OCCCO. The third-order valence-electron chi connectivity index (χ3n) is 5.22. The van der Waals surface area contributed by atoms with E-state index >= 15 is 0 Å². The molecule has 1 amide bonds. The van der Waals surface area contributed by atoms with Crippen LogP contribution >= 0.6 is 11.6 Å². The molecule has 0 spiro atoms. The average Bonchev–Trinajstić information content (AvgIpc) is 2.87. The maximum Gasteiger partial charge on any atom is 0.433 e. The number of aliphatic hydroxyl groups excluding tert-OH is 1. The van der Waals surface area contributed by atoms with E-state index in [4.69, 9.17) is 26.2 Å². The zero-order valence-corrected chi connectivity index (χ0v) is 20.0. The summed E-state index contributed by atoms with van der Waals surface area (Å²) in [5, 5.41) is 18.6. The fourth-order valence-electron chi connectivity index (χ4n) is 3.41. The number of carbonyl (C=O) groups excluding carboxylic acids is 1. The van der Waals surface area contributed by atoms with Crippen molar-refractivity contribution in [2.45, 2.75) is 12.6 Å². The van der Waals surface area contributed by atoms with Crippen LogP contribution in [0.4, 0.5) is 18.9 Å². The molecule has 0 atom stereocenters. The third kappa shape index (κ3) is 5.70. The van der Waals surface area contributed by atoms with Crippen molar-refractivity contribution in [1.82, 2.24) is 4.98 Å². The van der Waals surface area contributed by atoms with Crippen LogP contribution in [0.3, 0.4) is 0 Å². The average molecular weight is 520 g/mol. The zero-order chi connectivity index (χ0) is 26.5. The number of nitrogens with zero attached hydrogens (tertiary/aromatic N) is 3. The van der Waals surface area contributed by atoms with Gasteiger partial charge in [0, 0.05) is 43.5 Å². The standard InChI is InChI=1S/C25H21ClF3N3O4/c1-32(20-6-3-4-7-21(20)35-2)24(34)17-11-16(19(26)12-22(17)36-9-5-8-33)18-14-31-23(25(27,28)29)10-15(18)13-30/h3-4,6-7,10-12,14,33H,5,8-9H2,1-2H3. The van der Waals surface area contributed by atoms with Crippen LogP contribution in [-0.2, 0) is 6.18 Å². The molecular formula is C25H21ClF3N3O4. The van der Waals surface area contributed by atoms with Crippen molar-refractivity contribution < 1.29 is 32.5 Å². The molecular weight excluding hydrogens is 499 g/mol. The second-order valence-electron chi connectivity index (χ2n) is 7.51. The Morgan fingerprint density at radius 2 is 1.92 bits per heavy atom. The largest absolute Gasteiger partial charge is 0.495 e. The number of hydrogen-bond donors (Lipinski definition) is 1. The normalized spacial score (nSPS) is 11.1. The molecule has 1 aromatic heterocycles. The van der Waals surface area contributed by atoms with Gasteiger partial charge in [-0.3, -0.25) is 9.78 Å². The number of halogens is 4. The number of pyridine rings is 1. The van der Waals surface area contributed by atoms with Gasteiger partial charge < -0.3 is 19.5 Å². The minimum Gasteiger partial charge on any atom is -0.495 e. The molecule has 36 heavy (non-hydrogen) atoms. The lowest BCUT2D eigenvalue weighted by Gasteiger charge is -2.22. The van der Waals surface area contributed by atoms with E-state index in [0.717, 1.165) is 6.20 Å². The topological polar surface area (TPSA) is 95.7 Å². The molecule has 0 bridgehead atoms. The number of hydrogen-bond acceptors (Lipinski definition) is 6. The van der Waals surface area contributed by atoms with Gasteiger partial charge in [-0.25, -0.2) is 0 Å². The monoisotopic (exact) mass is 519 g/mol. The molecule has 3 rings (SSSR count). The molecule has 7 nitrogen and oxygen atoms in total. The molecule has 3 aromatic rings. The van der Waals surface area contributed by atoms with Crippen LogP contribution < -0.4 is 14.4 Å². The second-order valence-corrected chi connectivity index (χ2v) is 7.92. The van der Waals surface area contributed by atoms with E-state index < -0.39 is 17.8 Å². The number of alkyl halides is 3. The molecule has 0 unspecified atom stereocenters. The van der Waals surface area contributed by atoms with E-state index in [-0.39, 0.29) is 52.7 Å². The van der Waals surface area contributed by atoms with Crippen LogP contribution in [0.15, 0.2) is 48.7 Å². The van der Waals surface area contributed by atoms with Crippen molar-refractivity contribution in [3.05, 3.63) is 70.5 Å². The van der Waals surface area contributed by atoms with Crippen molar-refractivity contribution in [2.75, 3.05) is 32.3 Å². The quantitative estimate of drug-likeness (QED) is 0.404. The Hall–Kier alpha value is -3.81. The first-order valence-electron chi connectivity index (χ1n) is 10.6. The molecule has 0 fully saturated rings. The van der Waals surface area contributed by atoms with Crippen molar-refractivity contribution in [2.24, 2.45) is 0 Å². The lowest BCUT2D eigenvalue weighted by molar-refractivity contribution is -0.141. The number of aliphatic hydroxyl groups is 1. The predicted octanol–water partition coefficient (Wildman–Crippen LogP) is 5.34. The van der Waals surface area contributed by atoms with Crippen LogP contribution in [0.5, 0.6) is 11.5 Å². The minimum absolute atomic E-state index is 0.0198. The molecule has 0 aliphatic rings. The molecule has 11 heteroatoms. The minimum atomic E-state index is -4.74. The van der Waals surface area contributed by atoms with Gasteiger partial charge in [-0.15, -0.1) is 0 Å². The molecule has 0 radical (unpaired) electrons. The highest BCUT2D eigenvalue weighted by molar-refractivity contribution is 6.34. The van der Waals surface area contributed by atoms with Crippen molar-refractivity contribution in [3.63, 3.8) is 0 Å². The highest BCUT2D eigenvalue weighted by Gasteiger charge is 2.33. The first kappa shape index (κ1) is 26.8. The van der Waals surface area contributed by atoms with Gasteiger partial charge in [0.25, 0.3) is 5.91 Å². The number of methoxy groups -OCH3 is 1. The number of anilines is 1. The Morgan fingerprint density at radius 3 is 2.56 bits per heavy atom. The first-order valence-corrected chi connectivity index (χ1v) is 11.0. The molecule has 188 valence electrons. The van der Waals surface area contributed by atoms with E-state index in [0.29, 0.717) is 17.5 Å². The van der Waals surface area contributed by atoms with E-state index in [9.17, 15) is 23.2 Å². The number of rotatable bonds is 8. The molecule has 2 aromatic carbocycles. The Morgan fingerprint density at radius 1 is 1.19 bits per heavy atom. The zero-order valence-electron chi connectivity index (χ0n) is 19.3. The summed E-state index contributed by atoms with van der Waals surface area (Å²) in [5.41, 5.74) is -0.909. The van der Waals surface area contributed by atoms with Crippen LogP contribution in [0, 0.1) is 11.3 Å². The molecule has 0 aliphatic heterocycles. The highest BCUT2D eigenvalue weighted by atomic mass is 35.5. The van der Waals surface area contributed by atoms with Crippen molar-refractivity contribution in [3.8, 4) is 28.7 Å². The maximum absolute atomic E-state index is 13.6. The van der Waals surface area contributed by atoms with Crippen LogP contribution in [0.25, 0.3) is 11.1 Å². The summed E-state index contributed by atoms with van der Waals surface area (Å²) in [7, 11) is 2.98. The van der Waals surface area contributed by atoms with Gasteiger partial charge in [-0.2, -0.15) is 18.4 Å². The number of benzene rings is 2. The summed E-state index contributed by atoms with van der Waals surface area (Å²) in [6, 6.07) is 11.9. The van der Waals surface area contributed by atoms with Gasteiger partial charge in [0.2, 0.25) is 0 Å². The maximum atomic E-state index is 13.6. The van der Waals surface area contributed by atoms with Crippen LogP contribution in [0.1, 0.15) is 28.0 Å². The van der Waals surface area contributed by atoms with Crippen molar-refractivity contribution >= 4 is 23.2 Å². The summed E-state index contributed by atoms with van der Waals surface area (Å²) >= 11 is 6.42. The summed E-state index contributed by atoms with van der Waals surface area (Å²) < 4.78 is 50.3. The molecule has 1 N–H and O–H groups in total. The highest BCUT2D eigenvalue weighted by Crippen LogP contribution is 2.39. The van der Waals surface area contributed by atoms with Crippen LogP contribution in [0.2, 0.25) is 5.02 Å². The number of aromatic nitrogens is 1. The number of ether oxygens (including phenoxy) is 2. The van der Waals surface area contributed by atoms with E-state index in [1.54, 1.807) is 30.3 Å². The fourth-order valence-corrected chi connectivity index (χ4v) is 3.66. The summed E-state index contributed by atoms with van der Waals surface area (Å²) in [6.45, 7) is -0.0604. The van der Waals surface area contributed by atoms with E-state index in [1.165, 1.54) is 31.2 Å². The summed E-state index contributed by atoms with van der Waals surface area (Å²) in [5.74, 6) is 0.00103. The van der Waals surface area contributed by atoms with Gasteiger partial charge >= 0.3 is 6.18 Å².